The maximum Gasteiger partial charge on any atom is 0.191 e. The van der Waals surface area contributed by atoms with Gasteiger partial charge in [0.15, 0.2) is 10.9 Å². The number of Topliss-reactive ketones (excluding diaryl/α,β-unsaturated/α-hetero) is 1. The van der Waals surface area contributed by atoms with Gasteiger partial charge in [-0.1, -0.05) is 36.0 Å². The molecule has 7 heteroatoms. The SMILES string of the molecule is COc1ccc(Cc2nnc(SCC(=O)c3ccc(C#N)cc3)n2C)cc1. The summed E-state index contributed by atoms with van der Waals surface area (Å²) in [5, 5.41) is 18.0. The zero-order valence-electron chi connectivity index (χ0n) is 15.0. The van der Waals surface area contributed by atoms with Crippen LogP contribution < -0.4 is 4.74 Å². The second kappa shape index (κ2) is 8.52. The minimum atomic E-state index is -0.0100. The molecule has 0 saturated heterocycles. The fourth-order valence-electron chi connectivity index (χ4n) is 2.49. The van der Waals surface area contributed by atoms with E-state index >= 15 is 0 Å². The third kappa shape index (κ3) is 4.54. The number of methoxy groups -OCH3 is 1. The van der Waals surface area contributed by atoms with Gasteiger partial charge in [0.05, 0.1) is 24.5 Å². The topological polar surface area (TPSA) is 80.8 Å². The van der Waals surface area contributed by atoms with Crippen molar-refractivity contribution in [3.8, 4) is 11.8 Å². The summed E-state index contributed by atoms with van der Waals surface area (Å²) < 4.78 is 7.07. The van der Waals surface area contributed by atoms with E-state index in [1.54, 1.807) is 31.4 Å². The average molecular weight is 378 g/mol. The van der Waals surface area contributed by atoms with Crippen LogP contribution in [0.4, 0.5) is 0 Å². The van der Waals surface area contributed by atoms with Crippen LogP contribution in [0.25, 0.3) is 0 Å². The van der Waals surface area contributed by atoms with Gasteiger partial charge < -0.3 is 9.30 Å². The van der Waals surface area contributed by atoms with Crippen molar-refractivity contribution in [2.75, 3.05) is 12.9 Å². The highest BCUT2D eigenvalue weighted by Gasteiger charge is 2.13. The molecule has 0 saturated carbocycles. The van der Waals surface area contributed by atoms with E-state index in [0.29, 0.717) is 22.7 Å². The maximum atomic E-state index is 12.3. The van der Waals surface area contributed by atoms with Crippen LogP contribution in [0.15, 0.2) is 53.7 Å². The van der Waals surface area contributed by atoms with E-state index in [4.69, 9.17) is 10.00 Å². The lowest BCUT2D eigenvalue weighted by Gasteiger charge is -2.05. The van der Waals surface area contributed by atoms with Gasteiger partial charge in [0.1, 0.15) is 11.6 Å². The Balaban J connectivity index is 1.62. The van der Waals surface area contributed by atoms with Crippen molar-refractivity contribution in [2.24, 2.45) is 7.05 Å². The number of ketones is 1. The molecule has 1 heterocycles. The predicted molar refractivity (Wildman–Crippen MR) is 103 cm³/mol. The van der Waals surface area contributed by atoms with E-state index < -0.39 is 0 Å². The Morgan fingerprint density at radius 2 is 1.85 bits per heavy atom. The quantitative estimate of drug-likeness (QED) is 0.464. The van der Waals surface area contributed by atoms with Gasteiger partial charge in [-0.3, -0.25) is 4.79 Å². The number of nitriles is 1. The highest BCUT2D eigenvalue weighted by Crippen LogP contribution is 2.20. The summed E-state index contributed by atoms with van der Waals surface area (Å²) in [6, 6.07) is 16.5. The fourth-order valence-corrected chi connectivity index (χ4v) is 3.32. The number of hydrogen-bond acceptors (Lipinski definition) is 6. The average Bonchev–Trinajstić information content (AvgIpc) is 3.06. The Hall–Kier alpha value is -3.11. The summed E-state index contributed by atoms with van der Waals surface area (Å²) in [4.78, 5) is 12.3. The molecule has 136 valence electrons. The smallest absolute Gasteiger partial charge is 0.191 e. The lowest BCUT2D eigenvalue weighted by molar-refractivity contribution is 0.102. The number of ether oxygens (including phenoxy) is 1. The third-order valence-corrected chi connectivity index (χ3v) is 5.13. The van der Waals surface area contributed by atoms with Gasteiger partial charge in [0.25, 0.3) is 0 Å². The van der Waals surface area contributed by atoms with Crippen LogP contribution >= 0.6 is 11.8 Å². The first-order valence-corrected chi connectivity index (χ1v) is 9.26. The number of benzene rings is 2. The molecule has 0 aliphatic heterocycles. The molecule has 27 heavy (non-hydrogen) atoms. The largest absolute Gasteiger partial charge is 0.497 e. The first-order chi connectivity index (χ1) is 13.1. The van der Waals surface area contributed by atoms with Crippen LogP contribution in [-0.2, 0) is 13.5 Å². The molecule has 0 unspecified atom stereocenters. The number of thioether (sulfide) groups is 1. The molecule has 0 amide bonds. The van der Waals surface area contributed by atoms with Gasteiger partial charge in [-0.15, -0.1) is 10.2 Å². The van der Waals surface area contributed by atoms with Crippen LogP contribution in [0, 0.1) is 11.3 Å². The highest BCUT2D eigenvalue weighted by molar-refractivity contribution is 7.99. The molecule has 0 aliphatic carbocycles. The molecule has 0 atom stereocenters. The number of carbonyl (C=O) groups excluding carboxylic acids is 1. The van der Waals surface area contributed by atoms with Crippen molar-refractivity contribution in [3.05, 3.63) is 71.0 Å². The predicted octanol–water partition coefficient (Wildman–Crippen LogP) is 3.26. The second-order valence-corrected chi connectivity index (χ2v) is 6.83. The molecule has 3 rings (SSSR count). The van der Waals surface area contributed by atoms with Gasteiger partial charge in [0, 0.05) is 19.0 Å². The van der Waals surface area contributed by atoms with Gasteiger partial charge in [-0.2, -0.15) is 5.26 Å². The number of carbonyl (C=O) groups is 1. The number of rotatable bonds is 7. The van der Waals surface area contributed by atoms with E-state index in [2.05, 4.69) is 10.2 Å². The van der Waals surface area contributed by atoms with Gasteiger partial charge in [0.2, 0.25) is 0 Å². The van der Waals surface area contributed by atoms with E-state index in [0.717, 1.165) is 17.1 Å². The number of hydrogen-bond donors (Lipinski definition) is 0. The van der Waals surface area contributed by atoms with E-state index in [1.807, 2.05) is 41.9 Å². The lowest BCUT2D eigenvalue weighted by atomic mass is 10.1. The van der Waals surface area contributed by atoms with Crippen LogP contribution in [0.1, 0.15) is 27.3 Å². The van der Waals surface area contributed by atoms with Crippen molar-refractivity contribution < 1.29 is 9.53 Å². The Kier molecular flexibility index (Phi) is 5.89. The molecule has 0 N–H and O–H groups in total. The summed E-state index contributed by atoms with van der Waals surface area (Å²) in [5.41, 5.74) is 2.23. The minimum absolute atomic E-state index is 0.0100. The van der Waals surface area contributed by atoms with Gasteiger partial charge in [-0.25, -0.2) is 0 Å². The van der Waals surface area contributed by atoms with Crippen LogP contribution in [0.3, 0.4) is 0 Å². The Labute approximate surface area is 161 Å². The summed E-state index contributed by atoms with van der Waals surface area (Å²) >= 11 is 1.35. The normalized spacial score (nSPS) is 10.4. The molecule has 0 fully saturated rings. The molecule has 2 aromatic carbocycles. The fraction of sp³-hybridized carbons (Fsp3) is 0.200. The first-order valence-electron chi connectivity index (χ1n) is 8.28. The molecule has 3 aromatic rings. The van der Waals surface area contributed by atoms with Crippen molar-refractivity contribution in [1.29, 1.82) is 5.26 Å². The molecule has 0 radical (unpaired) electrons. The zero-order valence-corrected chi connectivity index (χ0v) is 15.9. The molecule has 0 spiro atoms. The molecule has 6 nitrogen and oxygen atoms in total. The van der Waals surface area contributed by atoms with Crippen LogP contribution in [0.2, 0.25) is 0 Å². The molecule has 1 aromatic heterocycles. The van der Waals surface area contributed by atoms with E-state index in [9.17, 15) is 4.79 Å². The third-order valence-electron chi connectivity index (χ3n) is 4.11. The summed E-state index contributed by atoms with van der Waals surface area (Å²) in [7, 11) is 3.54. The lowest BCUT2D eigenvalue weighted by Crippen LogP contribution is -2.05. The summed E-state index contributed by atoms with van der Waals surface area (Å²) in [6.45, 7) is 0. The summed E-state index contributed by atoms with van der Waals surface area (Å²) in [5.74, 6) is 1.90. The number of aromatic nitrogens is 3. The second-order valence-electron chi connectivity index (χ2n) is 5.88. The van der Waals surface area contributed by atoms with Crippen molar-refractivity contribution in [1.82, 2.24) is 14.8 Å². The maximum absolute atomic E-state index is 12.3. The van der Waals surface area contributed by atoms with E-state index in [1.165, 1.54) is 11.8 Å². The standard InChI is InChI=1S/C20H18N4O2S/c1-24-19(11-14-5-9-17(26-2)10-6-14)22-23-20(24)27-13-18(25)16-7-3-15(12-21)4-8-16/h3-10H,11,13H2,1-2H3. The Morgan fingerprint density at radius 3 is 2.48 bits per heavy atom. The molecular weight excluding hydrogens is 360 g/mol. The van der Waals surface area contributed by atoms with Crippen molar-refractivity contribution >= 4 is 17.5 Å². The van der Waals surface area contributed by atoms with Crippen LogP contribution in [-0.4, -0.2) is 33.4 Å². The first kappa shape index (κ1) is 18.7. The molecular formula is C20H18N4O2S. The minimum Gasteiger partial charge on any atom is -0.497 e. The highest BCUT2D eigenvalue weighted by atomic mass is 32.2. The van der Waals surface area contributed by atoms with E-state index in [-0.39, 0.29) is 11.5 Å². The Bertz CT molecular complexity index is 973. The molecule has 0 aliphatic rings. The van der Waals surface area contributed by atoms with Gasteiger partial charge in [-0.05, 0) is 29.8 Å². The Morgan fingerprint density at radius 1 is 1.15 bits per heavy atom. The van der Waals surface area contributed by atoms with Gasteiger partial charge >= 0.3 is 0 Å². The van der Waals surface area contributed by atoms with Crippen molar-refractivity contribution in [3.63, 3.8) is 0 Å². The number of nitrogens with zero attached hydrogens (tertiary/aromatic N) is 4. The monoisotopic (exact) mass is 378 g/mol. The molecule has 0 bridgehead atoms. The summed E-state index contributed by atoms with van der Waals surface area (Å²) in [6.07, 6.45) is 0.650. The zero-order chi connectivity index (χ0) is 19.2. The van der Waals surface area contributed by atoms with Crippen molar-refractivity contribution in [2.45, 2.75) is 11.6 Å². The van der Waals surface area contributed by atoms with Crippen LogP contribution in [0.5, 0.6) is 5.75 Å².